The van der Waals surface area contributed by atoms with Crippen molar-refractivity contribution in [2.75, 3.05) is 92.4 Å². The van der Waals surface area contributed by atoms with E-state index in [-0.39, 0.29) is 5.91 Å². The molecule has 0 atom stereocenters. The molecule has 0 fully saturated rings. The van der Waals surface area contributed by atoms with Gasteiger partial charge >= 0.3 is 0 Å². The average Bonchev–Trinajstić information content (AvgIpc) is 2.70. The fourth-order valence-electron chi connectivity index (χ4n) is 1.79. The third-order valence-corrected chi connectivity index (χ3v) is 3.13. The van der Waals surface area contributed by atoms with Crippen LogP contribution in [0.4, 0.5) is 0 Å². The number of hydrogen-bond acceptors (Lipinski definition) is 8. The molecule has 0 aliphatic carbocycles. The van der Waals surface area contributed by atoms with Gasteiger partial charge in [-0.1, -0.05) is 5.11 Å². The highest BCUT2D eigenvalue weighted by atomic mass is 16.5. The SMILES string of the molecule is CCOCCOCCOCCNC(=O)CCOCCOCCOCCN=[N+]=[N-]. The summed E-state index contributed by atoms with van der Waals surface area (Å²) in [4.78, 5) is 14.2. The first kappa shape index (κ1) is 26.5. The van der Waals surface area contributed by atoms with Crippen molar-refractivity contribution in [3.63, 3.8) is 0 Å². The van der Waals surface area contributed by atoms with Gasteiger partial charge in [0, 0.05) is 31.0 Å². The van der Waals surface area contributed by atoms with Crippen molar-refractivity contribution >= 4 is 5.91 Å². The molecular formula is C17H34N4O7. The summed E-state index contributed by atoms with van der Waals surface area (Å²) in [5.74, 6) is -0.0779. The topological polar surface area (TPSA) is 133 Å². The first-order valence-electron chi connectivity index (χ1n) is 9.55. The lowest BCUT2D eigenvalue weighted by Gasteiger charge is -2.08. The van der Waals surface area contributed by atoms with Crippen LogP contribution >= 0.6 is 0 Å². The average molecular weight is 406 g/mol. The van der Waals surface area contributed by atoms with Gasteiger partial charge in [-0.15, -0.1) is 0 Å². The molecule has 0 aromatic carbocycles. The van der Waals surface area contributed by atoms with Crippen LogP contribution in [0, 0.1) is 0 Å². The summed E-state index contributed by atoms with van der Waals surface area (Å²) in [6.45, 7) is 8.45. The minimum absolute atomic E-state index is 0.0779. The number of amides is 1. The third kappa shape index (κ3) is 22.6. The van der Waals surface area contributed by atoms with Crippen molar-refractivity contribution in [1.82, 2.24) is 5.32 Å². The van der Waals surface area contributed by atoms with Crippen LogP contribution in [0.2, 0.25) is 0 Å². The molecule has 0 aliphatic heterocycles. The zero-order chi connectivity index (χ0) is 20.5. The van der Waals surface area contributed by atoms with E-state index in [0.717, 1.165) is 0 Å². The zero-order valence-corrected chi connectivity index (χ0v) is 16.8. The molecule has 0 saturated heterocycles. The van der Waals surface area contributed by atoms with Gasteiger partial charge in [-0.05, 0) is 12.5 Å². The second-order valence-corrected chi connectivity index (χ2v) is 5.31. The molecular weight excluding hydrogens is 372 g/mol. The maximum atomic E-state index is 11.6. The molecule has 1 N–H and O–H groups in total. The molecule has 0 rings (SSSR count). The van der Waals surface area contributed by atoms with Gasteiger partial charge in [0.15, 0.2) is 0 Å². The molecule has 0 spiro atoms. The summed E-state index contributed by atoms with van der Waals surface area (Å²) in [5.41, 5.74) is 8.08. The number of rotatable bonds is 22. The monoisotopic (exact) mass is 406 g/mol. The number of ether oxygens (including phenoxy) is 6. The van der Waals surface area contributed by atoms with Gasteiger partial charge in [0.2, 0.25) is 5.91 Å². The highest BCUT2D eigenvalue weighted by Gasteiger charge is 2.00. The Morgan fingerprint density at radius 1 is 0.786 bits per heavy atom. The van der Waals surface area contributed by atoms with Crippen LogP contribution in [-0.2, 0) is 33.2 Å². The van der Waals surface area contributed by atoms with Gasteiger partial charge < -0.3 is 33.7 Å². The van der Waals surface area contributed by atoms with E-state index in [9.17, 15) is 4.79 Å². The van der Waals surface area contributed by atoms with Crippen molar-refractivity contribution in [1.29, 1.82) is 0 Å². The zero-order valence-electron chi connectivity index (χ0n) is 16.8. The van der Waals surface area contributed by atoms with Crippen LogP contribution in [0.3, 0.4) is 0 Å². The summed E-state index contributed by atoms with van der Waals surface area (Å²) in [7, 11) is 0. The van der Waals surface area contributed by atoms with Crippen LogP contribution in [0.1, 0.15) is 13.3 Å². The number of nitrogens with one attached hydrogen (secondary N) is 1. The van der Waals surface area contributed by atoms with E-state index in [1.165, 1.54) is 0 Å². The molecule has 11 heteroatoms. The summed E-state index contributed by atoms with van der Waals surface area (Å²) in [6, 6.07) is 0. The molecule has 0 aromatic heterocycles. The quantitative estimate of drug-likeness (QED) is 0.122. The van der Waals surface area contributed by atoms with Crippen LogP contribution in [-0.4, -0.2) is 98.3 Å². The first-order chi connectivity index (χ1) is 13.8. The van der Waals surface area contributed by atoms with E-state index in [1.807, 2.05) is 6.92 Å². The first-order valence-corrected chi connectivity index (χ1v) is 9.55. The van der Waals surface area contributed by atoms with Crippen LogP contribution in [0.15, 0.2) is 5.11 Å². The van der Waals surface area contributed by atoms with Crippen molar-refractivity contribution in [3.8, 4) is 0 Å². The lowest BCUT2D eigenvalue weighted by atomic mass is 10.4. The molecule has 0 unspecified atom stereocenters. The lowest BCUT2D eigenvalue weighted by molar-refractivity contribution is -0.122. The molecule has 0 aliphatic rings. The normalized spacial score (nSPS) is 10.6. The third-order valence-electron chi connectivity index (χ3n) is 3.13. The predicted molar refractivity (Wildman–Crippen MR) is 102 cm³/mol. The van der Waals surface area contributed by atoms with Crippen molar-refractivity contribution < 1.29 is 33.2 Å². The maximum absolute atomic E-state index is 11.6. The Labute approximate surface area is 166 Å². The van der Waals surface area contributed by atoms with E-state index in [1.54, 1.807) is 0 Å². The molecule has 0 saturated carbocycles. The number of carbonyl (C=O) groups excluding carboxylic acids is 1. The number of carbonyl (C=O) groups is 1. The van der Waals surface area contributed by atoms with E-state index in [0.29, 0.717) is 98.8 Å². The maximum Gasteiger partial charge on any atom is 0.222 e. The van der Waals surface area contributed by atoms with E-state index >= 15 is 0 Å². The van der Waals surface area contributed by atoms with Crippen LogP contribution in [0.25, 0.3) is 10.4 Å². The van der Waals surface area contributed by atoms with Gasteiger partial charge in [0.25, 0.3) is 0 Å². The predicted octanol–water partition coefficient (Wildman–Crippen LogP) is 0.923. The Balaban J connectivity index is 3.16. The molecule has 0 heterocycles. The Kier molecular flexibility index (Phi) is 22.3. The van der Waals surface area contributed by atoms with Crippen LogP contribution < -0.4 is 5.32 Å². The number of azide groups is 1. The molecule has 1 amide bonds. The fourth-order valence-corrected chi connectivity index (χ4v) is 1.79. The molecule has 0 aromatic rings. The Bertz CT molecular complexity index is 396. The Morgan fingerprint density at radius 2 is 1.29 bits per heavy atom. The van der Waals surface area contributed by atoms with Gasteiger partial charge in [0.1, 0.15) is 0 Å². The van der Waals surface area contributed by atoms with Crippen molar-refractivity contribution in [2.45, 2.75) is 13.3 Å². The lowest BCUT2D eigenvalue weighted by Crippen LogP contribution is -2.28. The van der Waals surface area contributed by atoms with Crippen LogP contribution in [0.5, 0.6) is 0 Å². The van der Waals surface area contributed by atoms with E-state index in [4.69, 9.17) is 34.0 Å². The largest absolute Gasteiger partial charge is 0.379 e. The molecule has 11 nitrogen and oxygen atoms in total. The minimum Gasteiger partial charge on any atom is -0.379 e. The van der Waals surface area contributed by atoms with E-state index in [2.05, 4.69) is 15.3 Å². The smallest absolute Gasteiger partial charge is 0.222 e. The Morgan fingerprint density at radius 3 is 1.86 bits per heavy atom. The second-order valence-electron chi connectivity index (χ2n) is 5.31. The minimum atomic E-state index is -0.0779. The number of hydrogen-bond donors (Lipinski definition) is 1. The standard InChI is InChI=1S/C17H34N4O7/c1-2-23-9-10-27-15-12-25-7-4-19-17(22)3-6-24-11-14-28-16-13-26-8-5-20-21-18/h2-16H2,1H3,(H,19,22). The second kappa shape index (κ2) is 23.6. The molecule has 0 bridgehead atoms. The number of nitrogens with zero attached hydrogens (tertiary/aromatic N) is 3. The van der Waals surface area contributed by atoms with Gasteiger partial charge in [0.05, 0.1) is 72.7 Å². The Hall–Kier alpha value is -1.46. The summed E-state index contributed by atoms with van der Waals surface area (Å²) in [6.07, 6.45) is 0.295. The highest BCUT2D eigenvalue weighted by molar-refractivity contribution is 5.75. The van der Waals surface area contributed by atoms with Gasteiger partial charge in [-0.3, -0.25) is 4.79 Å². The van der Waals surface area contributed by atoms with Gasteiger partial charge in [-0.2, -0.15) is 0 Å². The fraction of sp³-hybridized carbons (Fsp3) is 0.941. The van der Waals surface area contributed by atoms with Crippen molar-refractivity contribution in [3.05, 3.63) is 10.4 Å². The summed E-state index contributed by atoms with van der Waals surface area (Å²) >= 11 is 0. The van der Waals surface area contributed by atoms with Gasteiger partial charge in [-0.25, -0.2) is 0 Å². The molecule has 164 valence electrons. The summed E-state index contributed by atoms with van der Waals surface area (Å²) in [5, 5.41) is 6.11. The highest BCUT2D eigenvalue weighted by Crippen LogP contribution is 1.86. The summed E-state index contributed by atoms with van der Waals surface area (Å²) < 4.78 is 31.6. The van der Waals surface area contributed by atoms with E-state index < -0.39 is 0 Å². The molecule has 0 radical (unpaired) electrons. The van der Waals surface area contributed by atoms with Crippen molar-refractivity contribution in [2.24, 2.45) is 5.11 Å². The molecule has 28 heavy (non-hydrogen) atoms.